The number of benzene rings is 2. The van der Waals surface area contributed by atoms with E-state index in [1.54, 1.807) is 24.3 Å². The van der Waals surface area contributed by atoms with Gasteiger partial charge in [0.05, 0.1) is 5.69 Å². The number of amidine groups is 1. The van der Waals surface area contributed by atoms with E-state index in [1.807, 2.05) is 45.0 Å². The first-order valence-electron chi connectivity index (χ1n) is 8.24. The number of hydrogen-bond acceptors (Lipinski definition) is 4. The van der Waals surface area contributed by atoms with Gasteiger partial charge in [-0.3, -0.25) is 4.55 Å². The molecule has 4 N–H and O–H groups in total. The maximum absolute atomic E-state index is 10.8. The molecule has 0 saturated heterocycles. The third-order valence-electron chi connectivity index (χ3n) is 3.32. The SMILES string of the molecule is CC.Cc1ccc(C(=N)CC(N)=Nc2ccc(CS(=O)(=O)O)cc2)cc1. The molecule has 26 heavy (non-hydrogen) atoms. The van der Waals surface area contributed by atoms with Crippen LogP contribution in [0.4, 0.5) is 5.69 Å². The topological polar surface area (TPSA) is 117 Å². The zero-order valence-corrected chi connectivity index (χ0v) is 16.0. The summed E-state index contributed by atoms with van der Waals surface area (Å²) in [5, 5.41) is 8.07. The van der Waals surface area contributed by atoms with Gasteiger partial charge < -0.3 is 11.1 Å². The second-order valence-corrected chi connectivity index (χ2v) is 6.97. The Bertz CT molecular complexity index is 856. The predicted molar refractivity (Wildman–Crippen MR) is 107 cm³/mol. The average Bonchev–Trinajstić information content (AvgIpc) is 2.57. The Morgan fingerprint density at radius 3 is 2.12 bits per heavy atom. The molecule has 0 fully saturated rings. The Morgan fingerprint density at radius 2 is 1.62 bits per heavy atom. The van der Waals surface area contributed by atoms with Gasteiger partial charge in [-0.25, -0.2) is 4.99 Å². The van der Waals surface area contributed by atoms with Crippen LogP contribution in [0.3, 0.4) is 0 Å². The van der Waals surface area contributed by atoms with Crippen LogP contribution in [-0.4, -0.2) is 24.5 Å². The summed E-state index contributed by atoms with van der Waals surface area (Å²) in [6, 6.07) is 14.0. The lowest BCUT2D eigenvalue weighted by atomic mass is 10.1. The quantitative estimate of drug-likeness (QED) is 0.404. The van der Waals surface area contributed by atoms with E-state index in [4.69, 9.17) is 15.7 Å². The van der Waals surface area contributed by atoms with Gasteiger partial charge in [-0.15, -0.1) is 0 Å². The fraction of sp³-hybridized carbons (Fsp3) is 0.263. The van der Waals surface area contributed by atoms with Gasteiger partial charge in [0.2, 0.25) is 0 Å². The molecule has 0 radical (unpaired) electrons. The van der Waals surface area contributed by atoms with Gasteiger partial charge in [0.1, 0.15) is 11.6 Å². The van der Waals surface area contributed by atoms with Crippen LogP contribution in [0.15, 0.2) is 53.5 Å². The molecule has 2 rings (SSSR count). The van der Waals surface area contributed by atoms with Gasteiger partial charge >= 0.3 is 0 Å². The number of nitrogens with one attached hydrogen (secondary N) is 1. The average molecular weight is 375 g/mol. The Labute approximate surface area is 155 Å². The molecule has 0 unspecified atom stereocenters. The van der Waals surface area contributed by atoms with E-state index in [2.05, 4.69) is 4.99 Å². The van der Waals surface area contributed by atoms with Gasteiger partial charge in [-0.1, -0.05) is 55.8 Å². The predicted octanol–water partition coefficient (Wildman–Crippen LogP) is 3.86. The van der Waals surface area contributed by atoms with Crippen molar-refractivity contribution in [3.63, 3.8) is 0 Å². The molecule has 0 heterocycles. The number of hydrogen-bond donors (Lipinski definition) is 3. The van der Waals surface area contributed by atoms with Crippen molar-refractivity contribution in [1.82, 2.24) is 0 Å². The number of nitrogens with two attached hydrogens (primary N) is 1. The summed E-state index contributed by atoms with van der Waals surface area (Å²) < 4.78 is 30.5. The molecule has 7 heteroatoms. The first kappa shape index (κ1) is 21.5. The number of aryl methyl sites for hydroxylation is 1. The standard InChI is InChI=1S/C17H19N3O3S.C2H6/c1-12-2-6-14(7-3-12)16(18)10-17(19)20-15-8-4-13(5-9-15)11-24(21,22)23;1-2/h2-9,18H,10-11H2,1H3,(H2,19,20)(H,21,22,23);1-2H3. The van der Waals surface area contributed by atoms with E-state index < -0.39 is 15.9 Å². The van der Waals surface area contributed by atoms with Gasteiger partial charge in [-0.05, 0) is 30.2 Å². The normalized spacial score (nSPS) is 11.5. The minimum atomic E-state index is -4.05. The van der Waals surface area contributed by atoms with Crippen molar-refractivity contribution in [3.05, 3.63) is 65.2 Å². The Kier molecular flexibility index (Phi) is 8.15. The fourth-order valence-electron chi connectivity index (χ4n) is 2.12. The Balaban J connectivity index is 0.00000163. The molecule has 2 aromatic carbocycles. The van der Waals surface area contributed by atoms with Crippen molar-refractivity contribution in [1.29, 1.82) is 5.41 Å². The molecule has 0 bridgehead atoms. The summed E-state index contributed by atoms with van der Waals surface area (Å²) in [7, 11) is -4.05. The first-order valence-corrected chi connectivity index (χ1v) is 9.85. The van der Waals surface area contributed by atoms with E-state index in [0.29, 0.717) is 22.8 Å². The van der Waals surface area contributed by atoms with Crippen molar-refractivity contribution >= 4 is 27.4 Å². The highest BCUT2D eigenvalue weighted by Gasteiger charge is 2.07. The molecule has 0 spiro atoms. The zero-order chi connectivity index (χ0) is 19.7. The number of rotatable bonds is 6. The summed E-state index contributed by atoms with van der Waals surface area (Å²) in [6.45, 7) is 5.98. The van der Waals surface area contributed by atoms with Crippen LogP contribution in [-0.2, 0) is 15.9 Å². The highest BCUT2D eigenvalue weighted by atomic mass is 32.2. The van der Waals surface area contributed by atoms with Crippen LogP contribution < -0.4 is 5.73 Å². The Hall–Kier alpha value is -2.51. The molecular formula is C19H25N3O3S. The minimum Gasteiger partial charge on any atom is -0.387 e. The van der Waals surface area contributed by atoms with E-state index >= 15 is 0 Å². The molecule has 0 saturated carbocycles. The third kappa shape index (κ3) is 7.58. The lowest BCUT2D eigenvalue weighted by Crippen LogP contribution is -2.16. The van der Waals surface area contributed by atoms with Crippen molar-refractivity contribution < 1.29 is 13.0 Å². The molecule has 0 atom stereocenters. The highest BCUT2D eigenvalue weighted by Crippen LogP contribution is 2.15. The van der Waals surface area contributed by atoms with Crippen molar-refractivity contribution in [2.75, 3.05) is 0 Å². The van der Waals surface area contributed by atoms with Gasteiger partial charge in [0.15, 0.2) is 0 Å². The van der Waals surface area contributed by atoms with E-state index in [-0.39, 0.29) is 6.42 Å². The monoisotopic (exact) mass is 375 g/mol. The van der Waals surface area contributed by atoms with E-state index in [1.165, 1.54) is 0 Å². The summed E-state index contributed by atoms with van der Waals surface area (Å²) in [5.41, 5.74) is 9.20. The largest absolute Gasteiger partial charge is 0.387 e. The fourth-order valence-corrected chi connectivity index (χ4v) is 2.73. The zero-order valence-electron chi connectivity index (χ0n) is 15.2. The molecule has 0 aromatic heterocycles. The van der Waals surface area contributed by atoms with Crippen molar-refractivity contribution in [3.8, 4) is 0 Å². The van der Waals surface area contributed by atoms with Crippen LogP contribution in [0.2, 0.25) is 0 Å². The lowest BCUT2D eigenvalue weighted by Gasteiger charge is -2.05. The maximum atomic E-state index is 10.8. The molecule has 2 aromatic rings. The number of aliphatic imine (C=N–C) groups is 1. The highest BCUT2D eigenvalue weighted by molar-refractivity contribution is 7.85. The van der Waals surface area contributed by atoms with Gasteiger partial charge in [0, 0.05) is 12.1 Å². The molecule has 0 aliphatic heterocycles. The maximum Gasteiger partial charge on any atom is 0.269 e. The minimum absolute atomic E-state index is 0.218. The van der Waals surface area contributed by atoms with E-state index in [0.717, 1.165) is 11.1 Å². The van der Waals surface area contributed by atoms with Crippen LogP contribution >= 0.6 is 0 Å². The van der Waals surface area contributed by atoms with Crippen LogP contribution in [0, 0.1) is 12.3 Å². The molecule has 140 valence electrons. The smallest absolute Gasteiger partial charge is 0.269 e. The first-order chi connectivity index (χ1) is 12.2. The molecule has 0 aliphatic rings. The molecule has 0 aliphatic carbocycles. The molecular weight excluding hydrogens is 350 g/mol. The second kappa shape index (κ2) is 9.84. The summed E-state index contributed by atoms with van der Waals surface area (Å²) in [6.07, 6.45) is 0.218. The van der Waals surface area contributed by atoms with Crippen molar-refractivity contribution in [2.24, 2.45) is 10.7 Å². The third-order valence-corrected chi connectivity index (χ3v) is 4.01. The van der Waals surface area contributed by atoms with Crippen LogP contribution in [0.25, 0.3) is 0 Å². The molecule has 6 nitrogen and oxygen atoms in total. The van der Waals surface area contributed by atoms with E-state index in [9.17, 15) is 8.42 Å². The summed E-state index contributed by atoms with van der Waals surface area (Å²) in [5.74, 6) is -0.145. The number of nitrogens with zero attached hydrogens (tertiary/aromatic N) is 1. The van der Waals surface area contributed by atoms with Crippen molar-refractivity contribution in [2.45, 2.75) is 32.9 Å². The van der Waals surface area contributed by atoms with Crippen LogP contribution in [0.5, 0.6) is 0 Å². The van der Waals surface area contributed by atoms with Gasteiger partial charge in [-0.2, -0.15) is 8.42 Å². The summed E-state index contributed by atoms with van der Waals surface area (Å²) in [4.78, 5) is 4.22. The van der Waals surface area contributed by atoms with Crippen LogP contribution in [0.1, 0.15) is 37.0 Å². The van der Waals surface area contributed by atoms with Gasteiger partial charge in [0.25, 0.3) is 10.1 Å². The Morgan fingerprint density at radius 1 is 1.08 bits per heavy atom. The lowest BCUT2D eigenvalue weighted by molar-refractivity contribution is 0.482. The second-order valence-electron chi connectivity index (χ2n) is 5.52. The summed E-state index contributed by atoms with van der Waals surface area (Å²) >= 11 is 0. The molecule has 0 amide bonds.